The number of hydrogen-bond acceptors (Lipinski definition) is 5. The van der Waals surface area contributed by atoms with Gasteiger partial charge in [0.1, 0.15) is 11.8 Å². The Morgan fingerprint density at radius 3 is 2.00 bits per heavy atom. The first-order valence-electron chi connectivity index (χ1n) is 8.45. The minimum Gasteiger partial charge on any atom is -0.548 e. The van der Waals surface area contributed by atoms with Crippen molar-refractivity contribution in [3.05, 3.63) is 65.7 Å². The monoisotopic (exact) mass is 369 g/mol. The SMILES string of the molecule is CC(=O)N[C@H](Cc1ccccc1)C(=O)N[C@H](Cc1ccc(O)cc1)C(=O)[O-]. The number of carboxylic acid groups (broad SMARTS) is 1. The normalized spacial score (nSPS) is 12.6. The highest BCUT2D eigenvalue weighted by molar-refractivity contribution is 5.90. The molecule has 0 fully saturated rings. The molecule has 0 aromatic heterocycles. The highest BCUT2D eigenvalue weighted by Crippen LogP contribution is 2.11. The molecule has 0 radical (unpaired) electrons. The van der Waals surface area contributed by atoms with Crippen LogP contribution in [0.2, 0.25) is 0 Å². The number of benzene rings is 2. The molecule has 27 heavy (non-hydrogen) atoms. The van der Waals surface area contributed by atoms with E-state index < -0.39 is 29.9 Å². The molecule has 2 rings (SSSR count). The number of aliphatic carboxylic acids is 1. The number of nitrogens with one attached hydrogen (secondary N) is 2. The van der Waals surface area contributed by atoms with E-state index in [2.05, 4.69) is 10.6 Å². The molecular formula is C20H21N2O5-. The van der Waals surface area contributed by atoms with Gasteiger partial charge in [0.2, 0.25) is 11.8 Å². The van der Waals surface area contributed by atoms with Crippen LogP contribution in [0.15, 0.2) is 54.6 Å². The van der Waals surface area contributed by atoms with Gasteiger partial charge in [-0.15, -0.1) is 0 Å². The van der Waals surface area contributed by atoms with Crippen molar-refractivity contribution in [2.75, 3.05) is 0 Å². The van der Waals surface area contributed by atoms with Crippen molar-refractivity contribution in [2.45, 2.75) is 31.8 Å². The third-order valence-corrected chi connectivity index (χ3v) is 3.95. The van der Waals surface area contributed by atoms with E-state index in [1.54, 1.807) is 12.1 Å². The van der Waals surface area contributed by atoms with Crippen molar-refractivity contribution in [3.63, 3.8) is 0 Å². The standard InChI is InChI=1S/C20H22N2O5/c1-13(23)21-17(11-14-5-3-2-4-6-14)19(25)22-18(20(26)27)12-15-7-9-16(24)10-8-15/h2-10,17-18,24H,11-12H2,1H3,(H,21,23)(H,22,25)(H,26,27)/p-1/t17-,18-/m1/s1. The molecule has 0 saturated carbocycles. The zero-order chi connectivity index (χ0) is 19.8. The van der Waals surface area contributed by atoms with Gasteiger partial charge < -0.3 is 25.6 Å². The largest absolute Gasteiger partial charge is 0.548 e. The molecule has 0 aliphatic heterocycles. The average molecular weight is 369 g/mol. The van der Waals surface area contributed by atoms with Crippen molar-refractivity contribution < 1.29 is 24.6 Å². The Balaban J connectivity index is 2.10. The first-order valence-corrected chi connectivity index (χ1v) is 8.45. The summed E-state index contributed by atoms with van der Waals surface area (Å²) in [6.45, 7) is 1.29. The number of carbonyl (C=O) groups is 3. The number of carbonyl (C=O) groups excluding carboxylic acids is 3. The Morgan fingerprint density at radius 2 is 1.44 bits per heavy atom. The minimum atomic E-state index is -1.43. The van der Waals surface area contributed by atoms with Crippen LogP contribution in [-0.4, -0.2) is 35.0 Å². The first kappa shape index (κ1) is 20.0. The second-order valence-corrected chi connectivity index (χ2v) is 6.19. The smallest absolute Gasteiger partial charge is 0.243 e. The van der Waals surface area contributed by atoms with Gasteiger partial charge in [0, 0.05) is 13.3 Å². The van der Waals surface area contributed by atoms with Crippen LogP contribution in [-0.2, 0) is 27.2 Å². The Kier molecular flexibility index (Phi) is 6.93. The predicted molar refractivity (Wildman–Crippen MR) is 96.5 cm³/mol. The van der Waals surface area contributed by atoms with Crippen molar-refractivity contribution >= 4 is 17.8 Å². The Hall–Kier alpha value is -3.35. The number of phenols is 1. The van der Waals surface area contributed by atoms with Gasteiger partial charge in [-0.1, -0.05) is 42.5 Å². The first-order chi connectivity index (χ1) is 12.8. The highest BCUT2D eigenvalue weighted by atomic mass is 16.4. The summed E-state index contributed by atoms with van der Waals surface area (Å²) in [4.78, 5) is 35.5. The Labute approximate surface area is 157 Å². The number of aromatic hydroxyl groups is 1. The molecule has 7 heteroatoms. The van der Waals surface area contributed by atoms with Crippen molar-refractivity contribution in [1.82, 2.24) is 10.6 Å². The van der Waals surface area contributed by atoms with Crippen molar-refractivity contribution in [2.24, 2.45) is 0 Å². The van der Waals surface area contributed by atoms with E-state index in [4.69, 9.17) is 0 Å². The fourth-order valence-electron chi connectivity index (χ4n) is 2.64. The maximum absolute atomic E-state index is 12.6. The second kappa shape index (κ2) is 9.38. The predicted octanol–water partition coefficient (Wildman–Crippen LogP) is -0.0832. The maximum atomic E-state index is 12.6. The summed E-state index contributed by atoms with van der Waals surface area (Å²) >= 11 is 0. The second-order valence-electron chi connectivity index (χ2n) is 6.19. The molecule has 0 aliphatic rings. The lowest BCUT2D eigenvalue weighted by Crippen LogP contribution is -2.55. The van der Waals surface area contributed by atoms with Gasteiger partial charge in [-0.05, 0) is 29.7 Å². The highest BCUT2D eigenvalue weighted by Gasteiger charge is 2.23. The number of rotatable bonds is 8. The summed E-state index contributed by atoms with van der Waals surface area (Å²) in [6.07, 6.45) is 0.220. The van der Waals surface area contributed by atoms with Crippen molar-refractivity contribution in [3.8, 4) is 5.75 Å². The van der Waals surface area contributed by atoms with E-state index in [0.717, 1.165) is 5.56 Å². The van der Waals surface area contributed by atoms with Crippen LogP contribution in [0.5, 0.6) is 5.75 Å². The summed E-state index contributed by atoms with van der Waals surface area (Å²) in [5.74, 6) is -2.38. The number of phenolic OH excluding ortho intramolecular Hbond substituents is 1. The zero-order valence-electron chi connectivity index (χ0n) is 14.8. The van der Waals surface area contributed by atoms with Crippen LogP contribution in [0.4, 0.5) is 0 Å². The van der Waals surface area contributed by atoms with Gasteiger partial charge in [0.15, 0.2) is 0 Å². The third kappa shape index (κ3) is 6.47. The lowest BCUT2D eigenvalue weighted by atomic mass is 10.0. The van der Waals surface area contributed by atoms with E-state index in [9.17, 15) is 24.6 Å². The van der Waals surface area contributed by atoms with Crippen molar-refractivity contribution in [1.29, 1.82) is 0 Å². The van der Waals surface area contributed by atoms with Gasteiger partial charge in [0.05, 0.1) is 12.0 Å². The van der Waals surface area contributed by atoms with Gasteiger partial charge in [-0.3, -0.25) is 9.59 Å². The minimum absolute atomic E-state index is 0.00746. The molecule has 0 spiro atoms. The molecule has 2 amide bonds. The van der Waals surface area contributed by atoms with Crippen LogP contribution in [0.1, 0.15) is 18.1 Å². The molecule has 142 valence electrons. The third-order valence-electron chi connectivity index (χ3n) is 3.95. The summed E-state index contributed by atoms with van der Waals surface area (Å²) in [7, 11) is 0. The molecule has 0 unspecified atom stereocenters. The van der Waals surface area contributed by atoms with E-state index in [-0.39, 0.29) is 18.6 Å². The van der Waals surface area contributed by atoms with E-state index >= 15 is 0 Å². The van der Waals surface area contributed by atoms with Crippen LogP contribution >= 0.6 is 0 Å². The Morgan fingerprint density at radius 1 is 0.889 bits per heavy atom. The fraction of sp³-hybridized carbons (Fsp3) is 0.250. The van der Waals surface area contributed by atoms with Gasteiger partial charge in [-0.2, -0.15) is 0 Å². The molecule has 0 bridgehead atoms. The van der Waals surface area contributed by atoms with Gasteiger partial charge in [0.25, 0.3) is 0 Å². The summed E-state index contributed by atoms with van der Waals surface area (Å²) in [6, 6.07) is 12.9. The molecule has 2 aromatic carbocycles. The molecule has 0 heterocycles. The summed E-state index contributed by atoms with van der Waals surface area (Å²) in [5, 5.41) is 25.7. The number of carboxylic acids is 1. The molecule has 3 N–H and O–H groups in total. The molecule has 2 atom stereocenters. The van der Waals surface area contributed by atoms with Crippen LogP contribution in [0, 0.1) is 0 Å². The van der Waals surface area contributed by atoms with Gasteiger partial charge in [-0.25, -0.2) is 0 Å². The van der Waals surface area contributed by atoms with E-state index in [1.807, 2.05) is 30.3 Å². The molecule has 2 aromatic rings. The summed E-state index contributed by atoms with van der Waals surface area (Å²) in [5.41, 5.74) is 1.44. The zero-order valence-corrected chi connectivity index (χ0v) is 14.8. The average Bonchev–Trinajstić information content (AvgIpc) is 2.62. The van der Waals surface area contributed by atoms with Crippen LogP contribution in [0.3, 0.4) is 0 Å². The quantitative estimate of drug-likeness (QED) is 0.601. The fourth-order valence-corrected chi connectivity index (χ4v) is 2.64. The molecule has 0 saturated heterocycles. The maximum Gasteiger partial charge on any atom is 0.243 e. The van der Waals surface area contributed by atoms with Crippen LogP contribution in [0.25, 0.3) is 0 Å². The van der Waals surface area contributed by atoms with E-state index in [0.29, 0.717) is 5.56 Å². The Bertz CT molecular complexity index is 790. The topological polar surface area (TPSA) is 119 Å². The molecule has 0 aliphatic carbocycles. The lowest BCUT2D eigenvalue weighted by molar-refractivity contribution is -0.308. The molecular weight excluding hydrogens is 348 g/mol. The summed E-state index contributed by atoms with van der Waals surface area (Å²) < 4.78 is 0. The molecule has 7 nitrogen and oxygen atoms in total. The number of amides is 2. The lowest BCUT2D eigenvalue weighted by Gasteiger charge is -2.24. The van der Waals surface area contributed by atoms with Crippen LogP contribution < -0.4 is 15.7 Å². The number of hydrogen-bond donors (Lipinski definition) is 3. The van der Waals surface area contributed by atoms with Gasteiger partial charge >= 0.3 is 0 Å². The van der Waals surface area contributed by atoms with E-state index in [1.165, 1.54) is 19.1 Å².